The smallest absolute Gasteiger partial charge is 0.305 e. The van der Waals surface area contributed by atoms with Gasteiger partial charge in [0.1, 0.15) is 0 Å². The van der Waals surface area contributed by atoms with Crippen LogP contribution in [-0.2, 0) is 16.0 Å². The molecule has 1 amide bonds. The summed E-state index contributed by atoms with van der Waals surface area (Å²) in [4.78, 5) is 26.6. The van der Waals surface area contributed by atoms with Gasteiger partial charge >= 0.3 is 5.97 Å². The Hall–Kier alpha value is -2.30. The lowest BCUT2D eigenvalue weighted by Gasteiger charge is -2.23. The summed E-state index contributed by atoms with van der Waals surface area (Å²) in [5.41, 5.74) is 3.85. The molecule has 5 heteroatoms. The van der Waals surface area contributed by atoms with E-state index in [1.54, 1.807) is 4.90 Å². The molecule has 1 N–H and O–H groups in total. The number of amides is 1. The molecule has 1 aromatic carbocycles. The first-order valence-corrected chi connectivity index (χ1v) is 7.46. The zero-order valence-electron chi connectivity index (χ0n) is 13.1. The van der Waals surface area contributed by atoms with Crippen LogP contribution in [0.25, 0.3) is 0 Å². The molecule has 0 saturated carbocycles. The van der Waals surface area contributed by atoms with Gasteiger partial charge in [-0.05, 0) is 37.6 Å². The van der Waals surface area contributed by atoms with Gasteiger partial charge < -0.3 is 14.9 Å². The Morgan fingerprint density at radius 2 is 2.18 bits per heavy atom. The fourth-order valence-corrected chi connectivity index (χ4v) is 2.71. The number of hydrogen-bond acceptors (Lipinski definition) is 3. The summed E-state index contributed by atoms with van der Waals surface area (Å²) in [6.45, 7) is 9.51. The molecule has 2 rings (SSSR count). The molecule has 1 aliphatic rings. The van der Waals surface area contributed by atoms with E-state index in [2.05, 4.69) is 6.58 Å². The van der Waals surface area contributed by atoms with Gasteiger partial charge in [0.2, 0.25) is 5.91 Å². The van der Waals surface area contributed by atoms with Gasteiger partial charge in [-0.15, -0.1) is 0 Å². The number of carbonyl (C=O) groups is 2. The number of benzene rings is 1. The van der Waals surface area contributed by atoms with E-state index < -0.39 is 5.97 Å². The number of carboxylic acids is 1. The van der Waals surface area contributed by atoms with Crippen molar-refractivity contribution in [2.45, 2.75) is 26.7 Å². The van der Waals surface area contributed by atoms with E-state index in [0.29, 0.717) is 19.5 Å². The minimum atomic E-state index is -0.803. The monoisotopic (exact) mass is 302 g/mol. The van der Waals surface area contributed by atoms with Crippen molar-refractivity contribution >= 4 is 23.3 Å². The van der Waals surface area contributed by atoms with Crippen LogP contribution in [0.4, 0.5) is 11.4 Å². The highest BCUT2D eigenvalue weighted by Crippen LogP contribution is 2.32. The molecule has 5 nitrogen and oxygen atoms in total. The third-order valence-corrected chi connectivity index (χ3v) is 3.77. The van der Waals surface area contributed by atoms with Gasteiger partial charge in [-0.1, -0.05) is 12.2 Å². The highest BCUT2D eigenvalue weighted by atomic mass is 16.4. The van der Waals surface area contributed by atoms with Crippen LogP contribution < -0.4 is 9.80 Å². The molecule has 118 valence electrons. The lowest BCUT2D eigenvalue weighted by Crippen LogP contribution is -2.28. The van der Waals surface area contributed by atoms with Crippen molar-refractivity contribution in [3.8, 4) is 0 Å². The quantitative estimate of drug-likeness (QED) is 0.786. The largest absolute Gasteiger partial charge is 0.481 e. The molecule has 0 bridgehead atoms. The molecule has 0 saturated heterocycles. The predicted octanol–water partition coefficient (Wildman–Crippen LogP) is 2.45. The van der Waals surface area contributed by atoms with E-state index in [-0.39, 0.29) is 12.3 Å². The molecule has 1 aliphatic heterocycles. The number of carboxylic acid groups (broad SMARTS) is 1. The highest BCUT2D eigenvalue weighted by Gasteiger charge is 2.27. The van der Waals surface area contributed by atoms with Crippen LogP contribution in [0, 0.1) is 0 Å². The van der Waals surface area contributed by atoms with Crippen molar-refractivity contribution in [1.82, 2.24) is 0 Å². The van der Waals surface area contributed by atoms with E-state index in [4.69, 9.17) is 5.11 Å². The van der Waals surface area contributed by atoms with Crippen LogP contribution in [0.3, 0.4) is 0 Å². The zero-order valence-corrected chi connectivity index (χ0v) is 13.1. The van der Waals surface area contributed by atoms with Gasteiger partial charge in [-0.2, -0.15) is 0 Å². The number of nitrogens with zero attached hydrogens (tertiary/aromatic N) is 2. The fourth-order valence-electron chi connectivity index (χ4n) is 2.71. The molecular formula is C17H22N2O3. The van der Waals surface area contributed by atoms with Crippen LogP contribution in [0.2, 0.25) is 0 Å². The Balaban J connectivity index is 2.21. The first kappa shape index (κ1) is 16.1. The second-order valence-electron chi connectivity index (χ2n) is 5.65. The van der Waals surface area contributed by atoms with E-state index >= 15 is 0 Å². The van der Waals surface area contributed by atoms with E-state index in [0.717, 1.165) is 29.1 Å². The molecule has 0 radical (unpaired) electrons. The summed E-state index contributed by atoms with van der Waals surface area (Å²) in [6, 6.07) is 5.90. The number of fused-ring (bicyclic) bond motifs is 1. The van der Waals surface area contributed by atoms with Crippen molar-refractivity contribution in [3.63, 3.8) is 0 Å². The third kappa shape index (κ3) is 3.47. The topological polar surface area (TPSA) is 60.9 Å². The maximum absolute atomic E-state index is 12.1. The Labute approximate surface area is 130 Å². The first-order chi connectivity index (χ1) is 10.4. The number of carbonyl (C=O) groups excluding carboxylic acids is 1. The average molecular weight is 302 g/mol. The summed E-state index contributed by atoms with van der Waals surface area (Å²) < 4.78 is 0. The van der Waals surface area contributed by atoms with Crippen LogP contribution in [0.15, 0.2) is 30.4 Å². The molecule has 0 fully saturated rings. The van der Waals surface area contributed by atoms with Gasteiger partial charge in [-0.25, -0.2) is 0 Å². The van der Waals surface area contributed by atoms with Gasteiger partial charge in [0.05, 0.1) is 12.8 Å². The Morgan fingerprint density at radius 1 is 1.45 bits per heavy atom. The van der Waals surface area contributed by atoms with Crippen molar-refractivity contribution < 1.29 is 14.7 Å². The van der Waals surface area contributed by atoms with Crippen LogP contribution >= 0.6 is 0 Å². The van der Waals surface area contributed by atoms with Gasteiger partial charge in [0, 0.05) is 31.0 Å². The van der Waals surface area contributed by atoms with Gasteiger partial charge in [-0.3, -0.25) is 9.59 Å². The van der Waals surface area contributed by atoms with Crippen molar-refractivity contribution in [1.29, 1.82) is 0 Å². The number of anilines is 2. The molecule has 0 spiro atoms. The molecule has 0 aliphatic carbocycles. The van der Waals surface area contributed by atoms with Crippen molar-refractivity contribution in [3.05, 3.63) is 35.9 Å². The number of aliphatic carboxylic acids is 1. The lowest BCUT2D eigenvalue weighted by molar-refractivity contribution is -0.136. The summed E-state index contributed by atoms with van der Waals surface area (Å²) in [5.74, 6) is -0.717. The molecule has 22 heavy (non-hydrogen) atoms. The van der Waals surface area contributed by atoms with E-state index in [1.165, 1.54) is 0 Å². The predicted molar refractivity (Wildman–Crippen MR) is 87.5 cm³/mol. The number of rotatable bonds is 7. The SMILES string of the molecule is C=C(C)CN1C(=O)Cc2cc(N(CC)CCC(=O)O)ccc21. The normalized spacial score (nSPS) is 13.2. The Kier molecular flexibility index (Phi) is 4.85. The van der Waals surface area contributed by atoms with Gasteiger partial charge in [0.25, 0.3) is 0 Å². The number of hydrogen-bond donors (Lipinski definition) is 1. The molecule has 0 atom stereocenters. The average Bonchev–Trinajstić information content (AvgIpc) is 2.74. The summed E-state index contributed by atoms with van der Waals surface area (Å²) in [7, 11) is 0. The second kappa shape index (κ2) is 6.64. The van der Waals surface area contributed by atoms with Crippen LogP contribution in [-0.4, -0.2) is 36.6 Å². The first-order valence-electron chi connectivity index (χ1n) is 7.46. The third-order valence-electron chi connectivity index (χ3n) is 3.77. The zero-order chi connectivity index (χ0) is 16.3. The minimum absolute atomic E-state index is 0.0868. The molecule has 0 aromatic heterocycles. The Bertz CT molecular complexity index is 610. The standard InChI is InChI=1S/C17H22N2O3/c1-4-18(8-7-17(21)22)14-5-6-15-13(9-14)10-16(20)19(15)11-12(2)3/h5-6,9H,2,4,7-8,10-11H2,1,3H3,(H,21,22). The van der Waals surface area contributed by atoms with Crippen LogP contribution in [0.1, 0.15) is 25.8 Å². The summed E-state index contributed by atoms with van der Waals surface area (Å²) in [5, 5.41) is 8.83. The highest BCUT2D eigenvalue weighted by molar-refractivity contribution is 6.02. The summed E-state index contributed by atoms with van der Waals surface area (Å²) in [6.07, 6.45) is 0.499. The van der Waals surface area contributed by atoms with E-state index in [1.807, 2.05) is 36.9 Å². The second-order valence-corrected chi connectivity index (χ2v) is 5.65. The fraction of sp³-hybridized carbons (Fsp3) is 0.412. The molecule has 0 unspecified atom stereocenters. The molecule has 1 aromatic rings. The maximum atomic E-state index is 12.1. The van der Waals surface area contributed by atoms with Crippen molar-refractivity contribution in [2.75, 3.05) is 29.4 Å². The van der Waals surface area contributed by atoms with Gasteiger partial charge in [0.15, 0.2) is 0 Å². The lowest BCUT2D eigenvalue weighted by atomic mass is 10.1. The minimum Gasteiger partial charge on any atom is -0.481 e. The summed E-state index contributed by atoms with van der Waals surface area (Å²) >= 11 is 0. The Morgan fingerprint density at radius 3 is 2.77 bits per heavy atom. The van der Waals surface area contributed by atoms with E-state index in [9.17, 15) is 9.59 Å². The van der Waals surface area contributed by atoms with Crippen molar-refractivity contribution in [2.24, 2.45) is 0 Å². The molecule has 1 heterocycles. The molecular weight excluding hydrogens is 280 g/mol. The van der Waals surface area contributed by atoms with Crippen LogP contribution in [0.5, 0.6) is 0 Å². The maximum Gasteiger partial charge on any atom is 0.305 e.